The summed E-state index contributed by atoms with van der Waals surface area (Å²) in [7, 11) is 1.65. The molecule has 0 bridgehead atoms. The number of aliphatic hydroxyl groups is 1. The highest BCUT2D eigenvalue weighted by Gasteiger charge is 2.18. The summed E-state index contributed by atoms with van der Waals surface area (Å²) >= 11 is 5.92. The van der Waals surface area contributed by atoms with Crippen LogP contribution in [0, 0.1) is 0 Å². The summed E-state index contributed by atoms with van der Waals surface area (Å²) in [6, 6.07) is 5.70. The lowest BCUT2D eigenvalue weighted by Crippen LogP contribution is -2.07. The van der Waals surface area contributed by atoms with Crippen molar-refractivity contribution in [1.29, 1.82) is 0 Å². The predicted molar refractivity (Wildman–Crippen MR) is 65.4 cm³/mol. The predicted octanol–water partition coefficient (Wildman–Crippen LogP) is 2.76. The van der Waals surface area contributed by atoms with Crippen molar-refractivity contribution in [2.24, 2.45) is 7.05 Å². The second kappa shape index (κ2) is 5.54. The Balaban J connectivity index is 2.23. The first-order valence-electron chi connectivity index (χ1n) is 5.39. The van der Waals surface area contributed by atoms with E-state index in [-0.39, 0.29) is 5.75 Å². The summed E-state index contributed by atoms with van der Waals surface area (Å²) in [5.74, 6) is 0.0297. The molecule has 1 N–H and O–H groups in total. The van der Waals surface area contributed by atoms with Crippen LogP contribution in [0.25, 0.3) is 0 Å². The van der Waals surface area contributed by atoms with Gasteiger partial charge in [-0.2, -0.15) is 13.9 Å². The lowest BCUT2D eigenvalue weighted by molar-refractivity contribution is -0.0498. The Kier molecular flexibility index (Phi) is 4.01. The minimum absolute atomic E-state index is 0.0297. The highest BCUT2D eigenvalue weighted by Crippen LogP contribution is 2.28. The first-order chi connectivity index (χ1) is 8.99. The minimum atomic E-state index is -2.87. The second-order valence-corrected chi connectivity index (χ2v) is 4.26. The molecule has 102 valence electrons. The largest absolute Gasteiger partial charge is 0.435 e. The van der Waals surface area contributed by atoms with Crippen LogP contribution in [0.1, 0.15) is 17.4 Å². The third-order valence-electron chi connectivity index (χ3n) is 2.62. The summed E-state index contributed by atoms with van der Waals surface area (Å²) in [5.41, 5.74) is 0.941. The zero-order valence-corrected chi connectivity index (χ0v) is 10.7. The van der Waals surface area contributed by atoms with Crippen LogP contribution in [-0.4, -0.2) is 21.5 Å². The average Bonchev–Trinajstić information content (AvgIpc) is 2.68. The molecule has 1 aromatic carbocycles. The maximum atomic E-state index is 12.0. The van der Waals surface area contributed by atoms with Gasteiger partial charge in [0.05, 0.1) is 16.9 Å². The number of aromatic nitrogens is 2. The van der Waals surface area contributed by atoms with Crippen molar-refractivity contribution in [1.82, 2.24) is 9.78 Å². The molecule has 7 heteroatoms. The maximum Gasteiger partial charge on any atom is 0.387 e. The number of hydrogen-bond acceptors (Lipinski definition) is 3. The van der Waals surface area contributed by atoms with E-state index in [4.69, 9.17) is 11.6 Å². The number of rotatable bonds is 4. The standard InChI is InChI=1S/C12H11ClF2N2O2/c1-17-10(9(13)6-16-17)11(18)7-2-4-8(5-3-7)19-12(14)15/h2-6,11-12,18H,1H3. The molecule has 2 aromatic rings. The van der Waals surface area contributed by atoms with Crippen molar-refractivity contribution in [3.63, 3.8) is 0 Å². The first-order valence-corrected chi connectivity index (χ1v) is 5.77. The fourth-order valence-corrected chi connectivity index (χ4v) is 1.99. The smallest absolute Gasteiger partial charge is 0.387 e. The van der Waals surface area contributed by atoms with Crippen LogP contribution >= 0.6 is 11.6 Å². The number of hydrogen-bond donors (Lipinski definition) is 1. The van der Waals surface area contributed by atoms with Gasteiger partial charge in [0, 0.05) is 7.05 Å². The molecule has 1 unspecified atom stereocenters. The minimum Gasteiger partial charge on any atom is -0.435 e. The fraction of sp³-hybridized carbons (Fsp3) is 0.250. The Morgan fingerprint density at radius 3 is 2.42 bits per heavy atom. The molecule has 19 heavy (non-hydrogen) atoms. The summed E-state index contributed by atoms with van der Waals surface area (Å²) in [6.07, 6.45) is 0.439. The highest BCUT2D eigenvalue weighted by molar-refractivity contribution is 6.31. The summed E-state index contributed by atoms with van der Waals surface area (Å²) in [6.45, 7) is -2.87. The molecule has 4 nitrogen and oxygen atoms in total. The number of nitrogens with zero attached hydrogens (tertiary/aromatic N) is 2. The molecule has 0 saturated carbocycles. The molecule has 0 fully saturated rings. The van der Waals surface area contributed by atoms with Crippen LogP contribution in [0.5, 0.6) is 5.75 Å². The summed E-state index contributed by atoms with van der Waals surface area (Å²) < 4.78 is 29.7. The normalized spacial score (nSPS) is 12.7. The molecule has 0 aliphatic carbocycles. The molecule has 1 aromatic heterocycles. The van der Waals surface area contributed by atoms with Crippen molar-refractivity contribution < 1.29 is 18.6 Å². The maximum absolute atomic E-state index is 12.0. The van der Waals surface area contributed by atoms with E-state index in [1.807, 2.05) is 0 Å². The topological polar surface area (TPSA) is 47.3 Å². The number of aryl methyl sites for hydroxylation is 1. The lowest BCUT2D eigenvalue weighted by atomic mass is 10.1. The fourth-order valence-electron chi connectivity index (χ4n) is 1.72. The van der Waals surface area contributed by atoms with Crippen LogP contribution in [0.3, 0.4) is 0 Å². The molecule has 1 atom stereocenters. The summed E-state index contributed by atoms with van der Waals surface area (Å²) in [4.78, 5) is 0. The number of benzene rings is 1. The van der Waals surface area contributed by atoms with Gasteiger partial charge in [0.15, 0.2) is 0 Å². The Hall–Kier alpha value is -1.66. The van der Waals surface area contributed by atoms with Gasteiger partial charge >= 0.3 is 6.61 Å². The van der Waals surface area contributed by atoms with Gasteiger partial charge in [-0.3, -0.25) is 4.68 Å². The summed E-state index contributed by atoms with van der Waals surface area (Å²) in [5, 5.41) is 14.4. The van der Waals surface area contributed by atoms with Crippen molar-refractivity contribution >= 4 is 11.6 Å². The molecule has 0 radical (unpaired) electrons. The van der Waals surface area contributed by atoms with E-state index in [0.29, 0.717) is 16.3 Å². The highest BCUT2D eigenvalue weighted by atomic mass is 35.5. The van der Waals surface area contributed by atoms with Crippen molar-refractivity contribution in [3.8, 4) is 5.75 Å². The van der Waals surface area contributed by atoms with Gasteiger partial charge in [0.1, 0.15) is 11.9 Å². The molecular weight excluding hydrogens is 278 g/mol. The van der Waals surface area contributed by atoms with Crippen LogP contribution < -0.4 is 4.74 Å². The van der Waals surface area contributed by atoms with Crippen molar-refractivity contribution in [2.75, 3.05) is 0 Å². The third kappa shape index (κ3) is 3.02. The van der Waals surface area contributed by atoms with E-state index in [1.54, 1.807) is 7.05 Å². The van der Waals surface area contributed by atoms with Crippen LogP contribution in [-0.2, 0) is 7.05 Å². The Morgan fingerprint density at radius 2 is 1.95 bits per heavy atom. The number of halogens is 3. The van der Waals surface area contributed by atoms with E-state index in [2.05, 4.69) is 9.84 Å². The van der Waals surface area contributed by atoms with Crippen LogP contribution in [0.2, 0.25) is 5.02 Å². The SMILES string of the molecule is Cn1ncc(Cl)c1C(O)c1ccc(OC(F)F)cc1. The molecule has 0 spiro atoms. The molecule has 0 amide bonds. The quantitative estimate of drug-likeness (QED) is 0.941. The van der Waals surface area contributed by atoms with E-state index in [0.717, 1.165) is 0 Å². The van der Waals surface area contributed by atoms with Gasteiger partial charge < -0.3 is 9.84 Å². The second-order valence-electron chi connectivity index (χ2n) is 3.85. The van der Waals surface area contributed by atoms with Gasteiger partial charge in [-0.1, -0.05) is 23.7 Å². The molecule has 0 saturated heterocycles. The number of alkyl halides is 2. The molecule has 1 heterocycles. The number of aliphatic hydroxyl groups excluding tert-OH is 1. The zero-order valence-electron chi connectivity index (χ0n) is 9.93. The molecule has 0 aliphatic rings. The van der Waals surface area contributed by atoms with Gasteiger partial charge in [0.25, 0.3) is 0 Å². The number of ether oxygens (including phenoxy) is 1. The lowest BCUT2D eigenvalue weighted by Gasteiger charge is -2.13. The molecule has 2 rings (SSSR count). The van der Waals surface area contributed by atoms with Crippen LogP contribution in [0.4, 0.5) is 8.78 Å². The monoisotopic (exact) mass is 288 g/mol. The first kappa shape index (κ1) is 13.8. The van der Waals surface area contributed by atoms with E-state index in [1.165, 1.54) is 35.1 Å². The Morgan fingerprint density at radius 1 is 1.32 bits per heavy atom. The van der Waals surface area contributed by atoms with Crippen molar-refractivity contribution in [3.05, 3.63) is 46.7 Å². The van der Waals surface area contributed by atoms with Gasteiger partial charge in [0.2, 0.25) is 0 Å². The van der Waals surface area contributed by atoms with Gasteiger partial charge in [-0.05, 0) is 17.7 Å². The van der Waals surface area contributed by atoms with Gasteiger partial charge in [-0.25, -0.2) is 0 Å². The Bertz CT molecular complexity index is 538. The Labute approximate surface area is 113 Å². The van der Waals surface area contributed by atoms with Crippen LogP contribution in [0.15, 0.2) is 30.5 Å². The molecule has 0 aliphatic heterocycles. The van der Waals surface area contributed by atoms with E-state index in [9.17, 15) is 13.9 Å². The average molecular weight is 289 g/mol. The van der Waals surface area contributed by atoms with Gasteiger partial charge in [-0.15, -0.1) is 0 Å². The van der Waals surface area contributed by atoms with E-state index >= 15 is 0 Å². The van der Waals surface area contributed by atoms with E-state index < -0.39 is 12.7 Å². The van der Waals surface area contributed by atoms with Crippen molar-refractivity contribution in [2.45, 2.75) is 12.7 Å². The third-order valence-corrected chi connectivity index (χ3v) is 2.91. The molecular formula is C12H11ClF2N2O2. The zero-order chi connectivity index (χ0) is 14.0.